The molecule has 7 heteroatoms. The number of amides is 1. The summed E-state index contributed by atoms with van der Waals surface area (Å²) in [6, 6.07) is 12.7. The highest BCUT2D eigenvalue weighted by Crippen LogP contribution is 2.29. The first-order valence-corrected chi connectivity index (χ1v) is 7.41. The third-order valence-electron chi connectivity index (χ3n) is 3.70. The normalized spacial score (nSPS) is 11.5. The summed E-state index contributed by atoms with van der Waals surface area (Å²) in [4.78, 5) is 26.7. The highest BCUT2D eigenvalue weighted by molar-refractivity contribution is 6.05. The molecule has 0 fully saturated rings. The van der Waals surface area contributed by atoms with Gasteiger partial charge < -0.3 is 10.3 Å². The summed E-state index contributed by atoms with van der Waals surface area (Å²) in [6.07, 6.45) is -4.44. The largest absolute Gasteiger partial charge is 0.416 e. The molecule has 1 aromatic heterocycles. The molecule has 1 heterocycles. The molecule has 2 N–H and O–H groups in total. The Labute approximate surface area is 140 Å². The van der Waals surface area contributed by atoms with E-state index in [-0.39, 0.29) is 12.1 Å². The number of fused-ring (bicyclic) bond motifs is 1. The molecule has 4 nitrogen and oxygen atoms in total. The number of benzene rings is 2. The van der Waals surface area contributed by atoms with Gasteiger partial charge in [-0.2, -0.15) is 13.2 Å². The van der Waals surface area contributed by atoms with Crippen molar-refractivity contribution in [2.75, 3.05) is 0 Å². The van der Waals surface area contributed by atoms with E-state index in [1.54, 1.807) is 24.3 Å². The molecule has 0 spiro atoms. The van der Waals surface area contributed by atoms with Crippen molar-refractivity contribution in [3.8, 4) is 0 Å². The van der Waals surface area contributed by atoms with Gasteiger partial charge in [0.1, 0.15) is 0 Å². The lowest BCUT2D eigenvalue weighted by atomic mass is 10.1. The number of hydrogen-bond acceptors (Lipinski definition) is 2. The van der Waals surface area contributed by atoms with Gasteiger partial charge in [-0.1, -0.05) is 30.3 Å². The van der Waals surface area contributed by atoms with Crippen molar-refractivity contribution in [1.82, 2.24) is 10.3 Å². The summed E-state index contributed by atoms with van der Waals surface area (Å²) in [5.74, 6) is -0.528. The predicted octanol–water partition coefficient (Wildman–Crippen LogP) is 3.48. The number of rotatable bonds is 3. The molecule has 0 bridgehead atoms. The molecule has 0 saturated carbocycles. The van der Waals surface area contributed by atoms with E-state index in [4.69, 9.17) is 0 Å². The van der Waals surface area contributed by atoms with E-state index in [2.05, 4.69) is 10.3 Å². The van der Waals surface area contributed by atoms with Crippen molar-refractivity contribution in [1.29, 1.82) is 0 Å². The Morgan fingerprint density at radius 3 is 2.56 bits per heavy atom. The minimum absolute atomic E-state index is 0.0795. The lowest BCUT2D eigenvalue weighted by Crippen LogP contribution is -2.25. The molecule has 25 heavy (non-hydrogen) atoms. The van der Waals surface area contributed by atoms with E-state index in [0.29, 0.717) is 16.5 Å². The summed E-state index contributed by atoms with van der Waals surface area (Å²) in [6.45, 7) is -0.0795. The van der Waals surface area contributed by atoms with Crippen LogP contribution in [0.4, 0.5) is 13.2 Å². The third-order valence-corrected chi connectivity index (χ3v) is 3.70. The van der Waals surface area contributed by atoms with Crippen LogP contribution in [0.2, 0.25) is 0 Å². The second kappa shape index (κ2) is 6.43. The lowest BCUT2D eigenvalue weighted by molar-refractivity contribution is -0.137. The zero-order valence-electron chi connectivity index (χ0n) is 12.9. The summed E-state index contributed by atoms with van der Waals surface area (Å²) in [5.41, 5.74) is -0.202. The van der Waals surface area contributed by atoms with Gasteiger partial charge in [0.2, 0.25) is 5.56 Å². The molecule has 128 valence electrons. The van der Waals surface area contributed by atoms with Gasteiger partial charge in [0.05, 0.1) is 11.1 Å². The Morgan fingerprint density at radius 2 is 1.80 bits per heavy atom. The summed E-state index contributed by atoms with van der Waals surface area (Å²) in [7, 11) is 0. The summed E-state index contributed by atoms with van der Waals surface area (Å²) < 4.78 is 38.2. The van der Waals surface area contributed by atoms with Crippen LogP contribution in [0.3, 0.4) is 0 Å². The smallest absolute Gasteiger partial charge is 0.348 e. The fourth-order valence-electron chi connectivity index (χ4n) is 2.53. The van der Waals surface area contributed by atoms with E-state index in [1.165, 1.54) is 18.2 Å². The van der Waals surface area contributed by atoms with Crippen molar-refractivity contribution in [2.45, 2.75) is 12.7 Å². The third kappa shape index (κ3) is 3.71. The van der Waals surface area contributed by atoms with Crippen molar-refractivity contribution < 1.29 is 18.0 Å². The Bertz CT molecular complexity index is 993. The molecule has 0 aliphatic heterocycles. The SMILES string of the molecule is O=C(NCc1cccc(C(F)(F)F)c1)c1cc(=O)[nH]c2ccccc12. The second-order valence-corrected chi connectivity index (χ2v) is 5.47. The number of carbonyl (C=O) groups is 1. The van der Waals surface area contributed by atoms with Gasteiger partial charge in [0.25, 0.3) is 5.91 Å². The molecule has 0 aliphatic carbocycles. The molecule has 0 saturated heterocycles. The standard InChI is InChI=1S/C18H13F3N2O2/c19-18(20,21)12-5-3-4-11(8-12)10-22-17(25)14-9-16(24)23-15-7-2-1-6-13(14)15/h1-9H,10H2,(H,22,25)(H,23,24). The number of halogens is 3. The molecule has 2 aromatic carbocycles. The molecule has 3 rings (SSSR count). The van der Waals surface area contributed by atoms with Gasteiger partial charge in [0.15, 0.2) is 0 Å². The highest BCUT2D eigenvalue weighted by Gasteiger charge is 2.30. The molecule has 0 unspecified atom stereocenters. The monoisotopic (exact) mass is 346 g/mol. The number of aromatic amines is 1. The number of aromatic nitrogens is 1. The Balaban J connectivity index is 1.84. The van der Waals surface area contributed by atoms with Crippen LogP contribution in [0.5, 0.6) is 0 Å². The van der Waals surface area contributed by atoms with Crippen molar-refractivity contribution in [3.63, 3.8) is 0 Å². The van der Waals surface area contributed by atoms with E-state index >= 15 is 0 Å². The molecule has 0 atom stereocenters. The van der Waals surface area contributed by atoms with E-state index in [1.807, 2.05) is 0 Å². The van der Waals surface area contributed by atoms with Crippen molar-refractivity contribution >= 4 is 16.8 Å². The highest BCUT2D eigenvalue weighted by atomic mass is 19.4. The fourth-order valence-corrected chi connectivity index (χ4v) is 2.53. The van der Waals surface area contributed by atoms with Crippen LogP contribution in [0.15, 0.2) is 59.4 Å². The van der Waals surface area contributed by atoms with Crippen LogP contribution in [0, 0.1) is 0 Å². The number of carbonyl (C=O) groups excluding carboxylic acids is 1. The Kier molecular flexibility index (Phi) is 4.31. The Hall–Kier alpha value is -3.09. The minimum Gasteiger partial charge on any atom is -0.348 e. The van der Waals surface area contributed by atoms with Gasteiger partial charge in [-0.25, -0.2) is 0 Å². The molecule has 3 aromatic rings. The van der Waals surface area contributed by atoms with Crippen molar-refractivity contribution in [2.24, 2.45) is 0 Å². The van der Waals surface area contributed by atoms with Crippen LogP contribution in [0.25, 0.3) is 10.9 Å². The average molecular weight is 346 g/mol. The average Bonchev–Trinajstić information content (AvgIpc) is 2.58. The van der Waals surface area contributed by atoms with E-state index in [9.17, 15) is 22.8 Å². The van der Waals surface area contributed by atoms with Crippen molar-refractivity contribution in [3.05, 3.63) is 81.6 Å². The zero-order chi connectivity index (χ0) is 18.0. The number of nitrogens with one attached hydrogen (secondary N) is 2. The summed E-state index contributed by atoms with van der Waals surface area (Å²) >= 11 is 0. The van der Waals surface area contributed by atoms with Gasteiger partial charge in [0, 0.05) is 23.5 Å². The van der Waals surface area contributed by atoms with Gasteiger partial charge in [-0.15, -0.1) is 0 Å². The number of alkyl halides is 3. The second-order valence-electron chi connectivity index (χ2n) is 5.47. The van der Waals surface area contributed by atoms with Crippen LogP contribution in [0.1, 0.15) is 21.5 Å². The topological polar surface area (TPSA) is 62.0 Å². The lowest BCUT2D eigenvalue weighted by Gasteiger charge is -2.10. The van der Waals surface area contributed by atoms with Gasteiger partial charge >= 0.3 is 6.18 Å². The first-order valence-electron chi connectivity index (χ1n) is 7.41. The molecule has 1 amide bonds. The number of pyridine rings is 1. The maximum Gasteiger partial charge on any atom is 0.416 e. The first kappa shape index (κ1) is 16.8. The number of para-hydroxylation sites is 1. The zero-order valence-corrected chi connectivity index (χ0v) is 12.9. The fraction of sp³-hybridized carbons (Fsp3) is 0.111. The van der Waals surface area contributed by atoms with E-state index < -0.39 is 23.2 Å². The first-order chi connectivity index (χ1) is 11.8. The quantitative estimate of drug-likeness (QED) is 0.763. The molecule has 0 aliphatic rings. The number of hydrogen-bond donors (Lipinski definition) is 2. The molecular weight excluding hydrogens is 333 g/mol. The number of H-pyrrole nitrogens is 1. The van der Waals surface area contributed by atoms with Crippen LogP contribution in [-0.4, -0.2) is 10.9 Å². The van der Waals surface area contributed by atoms with Crippen LogP contribution < -0.4 is 10.9 Å². The minimum atomic E-state index is -4.44. The van der Waals surface area contributed by atoms with E-state index in [0.717, 1.165) is 12.1 Å². The van der Waals surface area contributed by atoms with Gasteiger partial charge in [-0.3, -0.25) is 9.59 Å². The molecule has 0 radical (unpaired) electrons. The van der Waals surface area contributed by atoms with Crippen LogP contribution >= 0.6 is 0 Å². The predicted molar refractivity (Wildman–Crippen MR) is 87.2 cm³/mol. The van der Waals surface area contributed by atoms with Crippen LogP contribution in [-0.2, 0) is 12.7 Å². The molecular formula is C18H13F3N2O2. The summed E-state index contributed by atoms with van der Waals surface area (Å²) in [5, 5.41) is 3.11. The van der Waals surface area contributed by atoms with Gasteiger partial charge in [-0.05, 0) is 23.8 Å². The Morgan fingerprint density at radius 1 is 1.04 bits per heavy atom. The maximum atomic E-state index is 12.7. The maximum absolute atomic E-state index is 12.7.